The Labute approximate surface area is 163 Å². The highest BCUT2D eigenvalue weighted by atomic mass is 16.5. The van der Waals surface area contributed by atoms with Gasteiger partial charge >= 0.3 is 11.9 Å². The number of imidazole rings is 1. The Morgan fingerprint density at radius 2 is 2.03 bits per heavy atom. The van der Waals surface area contributed by atoms with Crippen molar-refractivity contribution in [1.82, 2.24) is 19.5 Å². The first-order valence-electron chi connectivity index (χ1n) is 8.23. The van der Waals surface area contributed by atoms with Gasteiger partial charge in [-0.3, -0.25) is 19.1 Å². The third-order valence-electron chi connectivity index (χ3n) is 3.33. The molecular weight excluding hydrogens is 386 g/mol. The van der Waals surface area contributed by atoms with Crippen molar-refractivity contribution < 1.29 is 29.3 Å². The van der Waals surface area contributed by atoms with Gasteiger partial charge in [0.05, 0.1) is 19.5 Å². The number of nitrogen functional groups attached to an aromatic ring is 1. The van der Waals surface area contributed by atoms with Gasteiger partial charge in [-0.25, -0.2) is 9.78 Å². The average molecular weight is 405 g/mol. The highest BCUT2D eigenvalue weighted by Crippen LogP contribution is 2.17. The lowest BCUT2D eigenvalue weighted by Gasteiger charge is -2.03. The molecule has 0 saturated carbocycles. The SMILES string of the molecule is CC(=O)Oc1ccccc1C(=O)O.Nc1nc2c(ncn2COCCO)c(=O)[nH]1. The molecule has 3 rings (SSSR count). The second-order valence-corrected chi connectivity index (χ2v) is 5.49. The van der Waals surface area contributed by atoms with Gasteiger partial charge in [-0.2, -0.15) is 4.98 Å². The number of ether oxygens (including phenoxy) is 2. The number of fused-ring (bicyclic) bond motifs is 1. The minimum absolute atomic E-state index is 0.0160. The van der Waals surface area contributed by atoms with Gasteiger partial charge in [0, 0.05) is 6.92 Å². The summed E-state index contributed by atoms with van der Waals surface area (Å²) in [5, 5.41) is 17.2. The third kappa shape index (κ3) is 5.85. The van der Waals surface area contributed by atoms with E-state index in [-0.39, 0.29) is 48.3 Å². The van der Waals surface area contributed by atoms with Crippen LogP contribution in [0.15, 0.2) is 35.4 Å². The zero-order valence-corrected chi connectivity index (χ0v) is 15.4. The Kier molecular flexibility index (Phi) is 7.40. The number of hydrogen-bond acceptors (Lipinski definition) is 9. The Bertz CT molecular complexity index is 1060. The highest BCUT2D eigenvalue weighted by molar-refractivity contribution is 5.91. The molecule has 5 N–H and O–H groups in total. The summed E-state index contributed by atoms with van der Waals surface area (Å²) in [6, 6.07) is 5.98. The smallest absolute Gasteiger partial charge is 0.339 e. The predicted octanol–water partition coefficient (Wildman–Crippen LogP) is -0.0217. The highest BCUT2D eigenvalue weighted by Gasteiger charge is 2.11. The number of aromatic amines is 1. The summed E-state index contributed by atoms with van der Waals surface area (Å²) < 4.78 is 11.3. The van der Waals surface area contributed by atoms with E-state index in [1.807, 2.05) is 0 Å². The number of nitrogens with two attached hydrogens (primary N) is 1. The summed E-state index contributed by atoms with van der Waals surface area (Å²) in [4.78, 5) is 42.8. The summed E-state index contributed by atoms with van der Waals surface area (Å²) in [7, 11) is 0. The van der Waals surface area contributed by atoms with Crippen LogP contribution in [0.1, 0.15) is 17.3 Å². The van der Waals surface area contributed by atoms with E-state index >= 15 is 0 Å². The van der Waals surface area contributed by atoms with Crippen molar-refractivity contribution in [2.75, 3.05) is 18.9 Å². The largest absolute Gasteiger partial charge is 0.478 e. The molecule has 0 aliphatic rings. The molecule has 0 fully saturated rings. The van der Waals surface area contributed by atoms with Crippen molar-refractivity contribution in [2.24, 2.45) is 0 Å². The number of carboxylic acids is 1. The van der Waals surface area contributed by atoms with E-state index in [2.05, 4.69) is 19.7 Å². The standard InChI is InChI=1S/C9H8O4.C8H11N5O3/c1-6(10)13-8-5-3-2-4-7(8)9(11)12;9-8-11-6-5(7(15)12-8)10-3-13(6)4-16-2-1-14/h2-5H,1H3,(H,11,12);3,14H,1-2,4H2,(H3,9,11,12,15). The number of rotatable bonds is 6. The first-order valence-corrected chi connectivity index (χ1v) is 8.23. The summed E-state index contributed by atoms with van der Waals surface area (Å²) in [5.74, 6) is -1.55. The van der Waals surface area contributed by atoms with Gasteiger partial charge in [0.1, 0.15) is 18.0 Å². The maximum atomic E-state index is 11.4. The first kappa shape index (κ1) is 21.5. The number of aromatic carboxylic acids is 1. The maximum Gasteiger partial charge on any atom is 0.339 e. The van der Waals surface area contributed by atoms with Crippen LogP contribution in [0.25, 0.3) is 11.2 Å². The number of anilines is 1. The number of H-pyrrole nitrogens is 1. The fourth-order valence-corrected chi connectivity index (χ4v) is 2.18. The molecule has 0 spiro atoms. The lowest BCUT2D eigenvalue weighted by molar-refractivity contribution is -0.131. The van der Waals surface area contributed by atoms with Crippen molar-refractivity contribution in [3.63, 3.8) is 0 Å². The van der Waals surface area contributed by atoms with Crippen LogP contribution in [0.4, 0.5) is 5.95 Å². The number of nitrogens with one attached hydrogen (secondary N) is 1. The number of carbonyl (C=O) groups excluding carboxylic acids is 1. The van der Waals surface area contributed by atoms with Crippen molar-refractivity contribution in [1.29, 1.82) is 0 Å². The van der Waals surface area contributed by atoms with Gasteiger partial charge in [0.15, 0.2) is 11.2 Å². The first-order chi connectivity index (χ1) is 13.8. The number of nitrogens with zero attached hydrogens (tertiary/aromatic N) is 3. The molecule has 2 aromatic heterocycles. The van der Waals surface area contributed by atoms with Gasteiger partial charge in [-0.1, -0.05) is 12.1 Å². The minimum atomic E-state index is -1.11. The lowest BCUT2D eigenvalue weighted by atomic mass is 10.2. The number of aliphatic hydroxyl groups excluding tert-OH is 1. The Hall–Kier alpha value is -3.77. The zero-order valence-electron chi connectivity index (χ0n) is 15.4. The van der Waals surface area contributed by atoms with Crippen LogP contribution >= 0.6 is 0 Å². The van der Waals surface area contributed by atoms with Crippen LogP contribution in [-0.2, 0) is 16.3 Å². The molecule has 2 heterocycles. The Morgan fingerprint density at radius 1 is 1.31 bits per heavy atom. The molecule has 0 unspecified atom stereocenters. The topological polar surface area (TPSA) is 183 Å². The summed E-state index contributed by atoms with van der Waals surface area (Å²) in [6.45, 7) is 1.52. The van der Waals surface area contributed by atoms with Crippen molar-refractivity contribution in [2.45, 2.75) is 13.7 Å². The van der Waals surface area contributed by atoms with E-state index in [1.54, 1.807) is 12.1 Å². The van der Waals surface area contributed by atoms with E-state index in [9.17, 15) is 14.4 Å². The normalized spacial score (nSPS) is 10.3. The van der Waals surface area contributed by atoms with Crippen LogP contribution < -0.4 is 16.0 Å². The summed E-state index contributed by atoms with van der Waals surface area (Å²) in [5.41, 5.74) is 5.59. The van der Waals surface area contributed by atoms with Gasteiger partial charge in [0.2, 0.25) is 5.95 Å². The van der Waals surface area contributed by atoms with E-state index in [1.165, 1.54) is 30.0 Å². The van der Waals surface area contributed by atoms with Gasteiger partial charge in [0.25, 0.3) is 5.56 Å². The molecule has 0 saturated heterocycles. The molecule has 154 valence electrons. The van der Waals surface area contributed by atoms with E-state index in [4.69, 9.17) is 20.7 Å². The number of aromatic nitrogens is 4. The van der Waals surface area contributed by atoms with Crippen LogP contribution in [0.3, 0.4) is 0 Å². The number of esters is 1. The summed E-state index contributed by atoms with van der Waals surface area (Å²) in [6.07, 6.45) is 1.43. The maximum absolute atomic E-state index is 11.4. The molecule has 0 aliphatic carbocycles. The zero-order chi connectivity index (χ0) is 21.4. The van der Waals surface area contributed by atoms with E-state index in [0.29, 0.717) is 5.65 Å². The molecule has 12 nitrogen and oxygen atoms in total. The predicted molar refractivity (Wildman–Crippen MR) is 100 cm³/mol. The number of carbonyl (C=O) groups is 2. The van der Waals surface area contributed by atoms with Crippen molar-refractivity contribution in [3.8, 4) is 5.75 Å². The molecule has 0 amide bonds. The van der Waals surface area contributed by atoms with Crippen LogP contribution in [0.2, 0.25) is 0 Å². The number of carboxylic acid groups (broad SMARTS) is 1. The molecule has 3 aromatic rings. The second-order valence-electron chi connectivity index (χ2n) is 5.49. The fraction of sp³-hybridized carbons (Fsp3) is 0.235. The molecule has 1 aromatic carbocycles. The van der Waals surface area contributed by atoms with Crippen LogP contribution in [-0.4, -0.2) is 54.9 Å². The van der Waals surface area contributed by atoms with Crippen molar-refractivity contribution >= 4 is 29.1 Å². The molecular formula is C17H19N5O7. The Balaban J connectivity index is 0.000000212. The molecule has 0 radical (unpaired) electrons. The second kappa shape index (κ2) is 9.96. The number of aliphatic hydroxyl groups is 1. The molecule has 0 aliphatic heterocycles. The van der Waals surface area contributed by atoms with Gasteiger partial charge < -0.3 is 25.4 Å². The van der Waals surface area contributed by atoms with Gasteiger partial charge in [-0.05, 0) is 12.1 Å². The lowest BCUT2D eigenvalue weighted by Crippen LogP contribution is -2.13. The van der Waals surface area contributed by atoms with Crippen LogP contribution in [0.5, 0.6) is 5.75 Å². The summed E-state index contributed by atoms with van der Waals surface area (Å²) >= 11 is 0. The fourth-order valence-electron chi connectivity index (χ4n) is 2.18. The molecule has 0 atom stereocenters. The minimum Gasteiger partial charge on any atom is -0.478 e. The van der Waals surface area contributed by atoms with E-state index < -0.39 is 11.9 Å². The quantitative estimate of drug-likeness (QED) is 0.247. The molecule has 29 heavy (non-hydrogen) atoms. The van der Waals surface area contributed by atoms with Crippen LogP contribution in [0, 0.1) is 0 Å². The number of benzene rings is 1. The number of para-hydroxylation sites is 1. The van der Waals surface area contributed by atoms with Crippen molar-refractivity contribution in [3.05, 3.63) is 46.5 Å². The van der Waals surface area contributed by atoms with E-state index in [0.717, 1.165) is 0 Å². The van der Waals surface area contributed by atoms with Gasteiger partial charge in [-0.15, -0.1) is 0 Å². The monoisotopic (exact) mass is 405 g/mol. The Morgan fingerprint density at radius 3 is 2.69 bits per heavy atom. The molecule has 12 heteroatoms. The molecule has 0 bridgehead atoms. The average Bonchev–Trinajstić information content (AvgIpc) is 3.05. The third-order valence-corrected chi connectivity index (χ3v) is 3.33. The number of hydrogen-bond donors (Lipinski definition) is 4.